The highest BCUT2D eigenvalue weighted by atomic mass is 35.5. The van der Waals surface area contributed by atoms with Crippen LogP contribution in [0.25, 0.3) is 0 Å². The molecule has 0 bridgehead atoms. The van der Waals surface area contributed by atoms with Gasteiger partial charge < -0.3 is 24.8 Å². The standard InChI is InChI=1S/C23H23ClN2O4/c1-28-19-8-4-17(5-9-19)25-14-16-3-12-22(21(24)13-16)30-15-23(27)26-18-6-10-20(29-2)11-7-18/h3-13,25H,14-15H2,1-2H3,(H,26,27). The van der Waals surface area contributed by atoms with Crippen molar-refractivity contribution in [2.24, 2.45) is 0 Å². The van der Waals surface area contributed by atoms with E-state index in [0.29, 0.717) is 23.0 Å². The number of anilines is 2. The first kappa shape index (κ1) is 21.3. The van der Waals surface area contributed by atoms with Gasteiger partial charge in [-0.1, -0.05) is 17.7 Å². The molecule has 0 saturated carbocycles. The second-order valence-electron chi connectivity index (χ2n) is 6.41. The molecule has 0 atom stereocenters. The molecule has 2 N–H and O–H groups in total. The minimum Gasteiger partial charge on any atom is -0.497 e. The van der Waals surface area contributed by atoms with E-state index < -0.39 is 0 Å². The summed E-state index contributed by atoms with van der Waals surface area (Å²) in [4.78, 5) is 12.1. The number of carbonyl (C=O) groups is 1. The van der Waals surface area contributed by atoms with Crippen molar-refractivity contribution in [1.29, 1.82) is 0 Å². The lowest BCUT2D eigenvalue weighted by Gasteiger charge is -2.11. The first-order valence-electron chi connectivity index (χ1n) is 9.30. The lowest BCUT2D eigenvalue weighted by molar-refractivity contribution is -0.118. The third kappa shape index (κ3) is 6.06. The van der Waals surface area contributed by atoms with Crippen LogP contribution >= 0.6 is 11.6 Å². The van der Waals surface area contributed by atoms with Crippen molar-refractivity contribution in [3.63, 3.8) is 0 Å². The number of rotatable bonds is 9. The van der Waals surface area contributed by atoms with E-state index in [4.69, 9.17) is 25.8 Å². The zero-order valence-electron chi connectivity index (χ0n) is 16.8. The molecule has 3 aromatic rings. The highest BCUT2D eigenvalue weighted by molar-refractivity contribution is 6.32. The third-order valence-corrected chi connectivity index (χ3v) is 4.61. The summed E-state index contributed by atoms with van der Waals surface area (Å²) < 4.78 is 15.8. The fourth-order valence-electron chi connectivity index (χ4n) is 2.70. The Balaban J connectivity index is 1.49. The van der Waals surface area contributed by atoms with Crippen LogP contribution < -0.4 is 24.8 Å². The van der Waals surface area contributed by atoms with Gasteiger partial charge in [0.05, 0.1) is 19.2 Å². The number of methoxy groups -OCH3 is 2. The van der Waals surface area contributed by atoms with Gasteiger partial charge in [-0.3, -0.25) is 4.79 Å². The van der Waals surface area contributed by atoms with Crippen LogP contribution in [0, 0.1) is 0 Å². The van der Waals surface area contributed by atoms with E-state index in [9.17, 15) is 4.79 Å². The highest BCUT2D eigenvalue weighted by Gasteiger charge is 2.08. The normalized spacial score (nSPS) is 10.2. The molecular weight excluding hydrogens is 404 g/mol. The van der Waals surface area contributed by atoms with Gasteiger partial charge in [0.25, 0.3) is 5.91 Å². The Kier molecular flexibility index (Phi) is 7.40. The molecule has 0 saturated heterocycles. The van der Waals surface area contributed by atoms with E-state index in [1.165, 1.54) is 0 Å². The molecule has 0 aromatic heterocycles. The highest BCUT2D eigenvalue weighted by Crippen LogP contribution is 2.26. The van der Waals surface area contributed by atoms with Gasteiger partial charge in [0.2, 0.25) is 0 Å². The summed E-state index contributed by atoms with van der Waals surface area (Å²) >= 11 is 6.31. The minimum absolute atomic E-state index is 0.144. The van der Waals surface area contributed by atoms with Crippen LogP contribution in [0.5, 0.6) is 17.2 Å². The van der Waals surface area contributed by atoms with Gasteiger partial charge in [0, 0.05) is 17.9 Å². The van der Waals surface area contributed by atoms with E-state index in [1.807, 2.05) is 36.4 Å². The van der Waals surface area contributed by atoms with Gasteiger partial charge in [0.1, 0.15) is 17.2 Å². The Bertz CT molecular complexity index is 975. The molecule has 0 heterocycles. The van der Waals surface area contributed by atoms with Crippen molar-refractivity contribution in [1.82, 2.24) is 0 Å². The SMILES string of the molecule is COc1ccc(NCc2ccc(OCC(=O)Nc3ccc(OC)cc3)c(Cl)c2)cc1. The zero-order valence-corrected chi connectivity index (χ0v) is 17.5. The van der Waals surface area contributed by atoms with E-state index in [2.05, 4.69) is 10.6 Å². The molecule has 0 aliphatic carbocycles. The summed E-state index contributed by atoms with van der Waals surface area (Å²) in [6.07, 6.45) is 0. The molecule has 0 spiro atoms. The number of benzene rings is 3. The smallest absolute Gasteiger partial charge is 0.262 e. The third-order valence-electron chi connectivity index (χ3n) is 4.32. The van der Waals surface area contributed by atoms with Crippen LogP contribution in [0.15, 0.2) is 66.7 Å². The molecule has 3 aromatic carbocycles. The van der Waals surface area contributed by atoms with Crippen LogP contribution in [0.4, 0.5) is 11.4 Å². The number of halogens is 1. The molecule has 30 heavy (non-hydrogen) atoms. The van der Waals surface area contributed by atoms with Gasteiger partial charge in [-0.05, 0) is 66.2 Å². The van der Waals surface area contributed by atoms with Crippen LogP contribution in [-0.2, 0) is 11.3 Å². The minimum atomic E-state index is -0.276. The molecule has 0 aliphatic rings. The van der Waals surface area contributed by atoms with Gasteiger partial charge in [-0.2, -0.15) is 0 Å². The largest absolute Gasteiger partial charge is 0.497 e. The topological polar surface area (TPSA) is 68.8 Å². The van der Waals surface area contributed by atoms with Crippen LogP contribution in [-0.4, -0.2) is 26.7 Å². The summed E-state index contributed by atoms with van der Waals surface area (Å²) in [7, 11) is 3.22. The Labute approximate surface area is 180 Å². The van der Waals surface area contributed by atoms with Crippen molar-refractivity contribution in [2.45, 2.75) is 6.54 Å². The predicted octanol–water partition coefficient (Wildman–Crippen LogP) is 4.99. The average Bonchev–Trinajstić information content (AvgIpc) is 2.78. The Morgan fingerprint density at radius 2 is 1.47 bits per heavy atom. The second-order valence-corrected chi connectivity index (χ2v) is 6.82. The fourth-order valence-corrected chi connectivity index (χ4v) is 2.96. The zero-order chi connectivity index (χ0) is 21.3. The molecular formula is C23H23ClN2O4. The Morgan fingerprint density at radius 1 is 0.867 bits per heavy atom. The number of ether oxygens (including phenoxy) is 3. The maximum Gasteiger partial charge on any atom is 0.262 e. The average molecular weight is 427 g/mol. The van der Waals surface area contributed by atoms with E-state index in [1.54, 1.807) is 44.6 Å². The number of hydrogen-bond donors (Lipinski definition) is 2. The molecule has 7 heteroatoms. The molecule has 1 amide bonds. The molecule has 0 unspecified atom stereocenters. The summed E-state index contributed by atoms with van der Waals surface area (Å²) in [5.41, 5.74) is 2.63. The summed E-state index contributed by atoms with van der Waals surface area (Å²) in [5.74, 6) is 1.70. The maximum absolute atomic E-state index is 12.1. The monoisotopic (exact) mass is 426 g/mol. The van der Waals surface area contributed by atoms with Gasteiger partial charge in [0.15, 0.2) is 6.61 Å². The number of nitrogens with one attached hydrogen (secondary N) is 2. The van der Waals surface area contributed by atoms with Crippen molar-refractivity contribution in [2.75, 3.05) is 31.5 Å². The number of amides is 1. The van der Waals surface area contributed by atoms with Gasteiger partial charge >= 0.3 is 0 Å². The predicted molar refractivity (Wildman–Crippen MR) is 119 cm³/mol. The molecule has 0 fully saturated rings. The quantitative estimate of drug-likeness (QED) is 0.504. The van der Waals surface area contributed by atoms with Crippen molar-refractivity contribution >= 4 is 28.9 Å². The fraction of sp³-hybridized carbons (Fsp3) is 0.174. The lowest BCUT2D eigenvalue weighted by atomic mass is 10.2. The molecule has 3 rings (SSSR count). The lowest BCUT2D eigenvalue weighted by Crippen LogP contribution is -2.20. The summed E-state index contributed by atoms with van der Waals surface area (Å²) in [6, 6.07) is 20.2. The van der Waals surface area contributed by atoms with E-state index >= 15 is 0 Å². The molecule has 0 aliphatic heterocycles. The van der Waals surface area contributed by atoms with E-state index in [-0.39, 0.29) is 12.5 Å². The van der Waals surface area contributed by atoms with Gasteiger partial charge in [-0.25, -0.2) is 0 Å². The van der Waals surface area contributed by atoms with Crippen LogP contribution in [0.3, 0.4) is 0 Å². The number of carbonyl (C=O) groups excluding carboxylic acids is 1. The Hall–Kier alpha value is -3.38. The summed E-state index contributed by atoms with van der Waals surface area (Å²) in [5, 5.41) is 6.52. The molecule has 0 radical (unpaired) electrons. The summed E-state index contributed by atoms with van der Waals surface area (Å²) in [6.45, 7) is 0.458. The second kappa shape index (κ2) is 10.4. The first-order valence-corrected chi connectivity index (χ1v) is 9.68. The van der Waals surface area contributed by atoms with Crippen molar-refractivity contribution in [3.8, 4) is 17.2 Å². The van der Waals surface area contributed by atoms with Crippen molar-refractivity contribution < 1.29 is 19.0 Å². The van der Waals surface area contributed by atoms with E-state index in [0.717, 1.165) is 22.7 Å². The maximum atomic E-state index is 12.1. The van der Waals surface area contributed by atoms with Gasteiger partial charge in [-0.15, -0.1) is 0 Å². The number of hydrogen-bond acceptors (Lipinski definition) is 5. The molecule has 6 nitrogen and oxygen atoms in total. The first-order chi connectivity index (χ1) is 14.6. The van der Waals surface area contributed by atoms with Crippen LogP contribution in [0.1, 0.15) is 5.56 Å². The Morgan fingerprint density at radius 3 is 2.03 bits per heavy atom. The van der Waals surface area contributed by atoms with Crippen LogP contribution in [0.2, 0.25) is 5.02 Å². The molecule has 156 valence electrons. The van der Waals surface area contributed by atoms with Crippen molar-refractivity contribution in [3.05, 3.63) is 77.3 Å².